The first-order valence-electron chi connectivity index (χ1n) is 7.11. The minimum absolute atomic E-state index is 0.443. The zero-order valence-corrected chi connectivity index (χ0v) is 12.9. The van der Waals surface area contributed by atoms with E-state index in [0.717, 1.165) is 25.9 Å². The summed E-state index contributed by atoms with van der Waals surface area (Å²) in [6, 6.07) is -0.687. The number of piperidine rings is 1. The highest BCUT2D eigenvalue weighted by molar-refractivity contribution is 5.81. The van der Waals surface area contributed by atoms with E-state index in [1.54, 1.807) is 20.8 Å². The van der Waals surface area contributed by atoms with E-state index in [4.69, 9.17) is 9.47 Å². The lowest BCUT2D eigenvalue weighted by Crippen LogP contribution is -2.51. The van der Waals surface area contributed by atoms with E-state index in [9.17, 15) is 9.59 Å². The first-order valence-corrected chi connectivity index (χ1v) is 7.11. The van der Waals surface area contributed by atoms with Crippen molar-refractivity contribution in [2.24, 2.45) is 0 Å². The Labute approximate surface area is 120 Å². The summed E-state index contributed by atoms with van der Waals surface area (Å²) in [5.74, 6) is -0.443. The van der Waals surface area contributed by atoms with Crippen LogP contribution in [0.4, 0.5) is 4.79 Å². The molecule has 0 bridgehead atoms. The minimum Gasteiger partial charge on any atom is -0.467 e. The number of nitrogens with zero attached hydrogens (tertiary/aromatic N) is 1. The van der Waals surface area contributed by atoms with Gasteiger partial charge in [-0.2, -0.15) is 0 Å². The zero-order chi connectivity index (χ0) is 15.2. The summed E-state index contributed by atoms with van der Waals surface area (Å²) in [5.41, 5.74) is -0.587. The molecule has 0 aromatic carbocycles. The predicted octanol–water partition coefficient (Wildman–Crippen LogP) is 1.54. The second-order valence-electron chi connectivity index (χ2n) is 6.08. The molecule has 6 heteroatoms. The van der Waals surface area contributed by atoms with Crippen molar-refractivity contribution in [3.8, 4) is 0 Å². The second-order valence-corrected chi connectivity index (χ2v) is 6.08. The Balaban J connectivity index is 2.55. The number of amides is 1. The summed E-state index contributed by atoms with van der Waals surface area (Å²) in [5, 5.41) is 2.59. The Hall–Kier alpha value is -1.30. The van der Waals surface area contributed by atoms with Gasteiger partial charge in [-0.05, 0) is 46.7 Å². The summed E-state index contributed by atoms with van der Waals surface area (Å²) in [6.45, 7) is 7.71. The maximum absolute atomic E-state index is 11.8. The molecule has 0 saturated carbocycles. The molecular weight excluding hydrogens is 260 g/mol. The molecule has 1 atom stereocenters. The highest BCUT2D eigenvalue weighted by atomic mass is 16.6. The number of alkyl carbamates (subject to hydrolysis) is 1. The molecular formula is C14H26N2O4. The molecule has 116 valence electrons. The standard InChI is InChI=1S/C14H26N2O4/c1-14(2,3)20-13(18)15-11(12(17)19-4)10-16-8-6-5-7-9-16/h11H,5-10H2,1-4H3,(H,15,18)/t11-/m1/s1. The fourth-order valence-corrected chi connectivity index (χ4v) is 2.17. The van der Waals surface area contributed by atoms with E-state index in [1.165, 1.54) is 13.5 Å². The third kappa shape index (κ3) is 6.23. The molecule has 0 radical (unpaired) electrons. The van der Waals surface area contributed by atoms with Gasteiger partial charge < -0.3 is 19.7 Å². The Kier molecular flexibility index (Phi) is 6.26. The smallest absolute Gasteiger partial charge is 0.408 e. The summed E-state index contributed by atoms with van der Waals surface area (Å²) in [7, 11) is 1.32. The van der Waals surface area contributed by atoms with E-state index in [2.05, 4.69) is 10.2 Å². The van der Waals surface area contributed by atoms with Crippen molar-refractivity contribution in [2.45, 2.75) is 51.7 Å². The number of rotatable bonds is 4. The normalized spacial score (nSPS) is 18.2. The van der Waals surface area contributed by atoms with Crippen LogP contribution in [-0.4, -0.2) is 55.3 Å². The number of hydrogen-bond donors (Lipinski definition) is 1. The van der Waals surface area contributed by atoms with Gasteiger partial charge in [0, 0.05) is 6.54 Å². The number of hydrogen-bond acceptors (Lipinski definition) is 5. The average molecular weight is 286 g/mol. The van der Waals surface area contributed by atoms with Crippen molar-refractivity contribution in [1.82, 2.24) is 10.2 Å². The number of likely N-dealkylation sites (tertiary alicyclic amines) is 1. The van der Waals surface area contributed by atoms with Crippen LogP contribution in [0.5, 0.6) is 0 Å². The molecule has 1 saturated heterocycles. The molecule has 6 nitrogen and oxygen atoms in total. The first kappa shape index (κ1) is 16.8. The number of nitrogens with one attached hydrogen (secondary N) is 1. The maximum Gasteiger partial charge on any atom is 0.408 e. The van der Waals surface area contributed by atoms with Gasteiger partial charge in [0.25, 0.3) is 0 Å². The van der Waals surface area contributed by atoms with Crippen molar-refractivity contribution in [3.05, 3.63) is 0 Å². The first-order chi connectivity index (χ1) is 9.31. The Bertz CT molecular complexity index is 333. The van der Waals surface area contributed by atoms with Gasteiger partial charge in [0.1, 0.15) is 11.6 Å². The molecule has 0 spiro atoms. The second kappa shape index (κ2) is 7.47. The number of carbonyl (C=O) groups is 2. The van der Waals surface area contributed by atoms with Crippen LogP contribution >= 0.6 is 0 Å². The Morgan fingerprint density at radius 1 is 1.20 bits per heavy atom. The predicted molar refractivity (Wildman–Crippen MR) is 75.5 cm³/mol. The van der Waals surface area contributed by atoms with Crippen LogP contribution in [0.25, 0.3) is 0 Å². The highest BCUT2D eigenvalue weighted by Gasteiger charge is 2.27. The van der Waals surface area contributed by atoms with Crippen LogP contribution < -0.4 is 5.32 Å². The van der Waals surface area contributed by atoms with E-state index in [1.807, 2.05) is 0 Å². The van der Waals surface area contributed by atoms with Gasteiger partial charge in [-0.15, -0.1) is 0 Å². The van der Waals surface area contributed by atoms with Crippen LogP contribution in [0.3, 0.4) is 0 Å². The molecule has 1 aliphatic rings. The molecule has 1 N–H and O–H groups in total. The number of ether oxygens (including phenoxy) is 2. The minimum atomic E-state index is -0.687. The summed E-state index contributed by atoms with van der Waals surface area (Å²) in [4.78, 5) is 25.7. The van der Waals surface area contributed by atoms with Crippen molar-refractivity contribution >= 4 is 12.1 Å². The van der Waals surface area contributed by atoms with Gasteiger partial charge in [0.15, 0.2) is 0 Å². The molecule has 1 amide bonds. The summed E-state index contributed by atoms with van der Waals surface area (Å²) < 4.78 is 9.92. The van der Waals surface area contributed by atoms with Crippen LogP contribution in [0.15, 0.2) is 0 Å². The Morgan fingerprint density at radius 3 is 2.30 bits per heavy atom. The average Bonchev–Trinajstić information content (AvgIpc) is 2.36. The van der Waals surface area contributed by atoms with Crippen LogP contribution in [0.2, 0.25) is 0 Å². The lowest BCUT2D eigenvalue weighted by molar-refractivity contribution is -0.143. The quantitative estimate of drug-likeness (QED) is 0.794. The van der Waals surface area contributed by atoms with Crippen LogP contribution in [0, 0.1) is 0 Å². The van der Waals surface area contributed by atoms with Crippen LogP contribution in [0.1, 0.15) is 40.0 Å². The highest BCUT2D eigenvalue weighted by Crippen LogP contribution is 2.10. The molecule has 1 rings (SSSR count). The maximum atomic E-state index is 11.8. The molecule has 0 aromatic heterocycles. The van der Waals surface area contributed by atoms with Gasteiger partial charge in [0.2, 0.25) is 0 Å². The van der Waals surface area contributed by atoms with E-state index < -0.39 is 23.7 Å². The largest absolute Gasteiger partial charge is 0.467 e. The lowest BCUT2D eigenvalue weighted by Gasteiger charge is -2.30. The van der Waals surface area contributed by atoms with Gasteiger partial charge in [0.05, 0.1) is 7.11 Å². The molecule has 1 fully saturated rings. The van der Waals surface area contributed by atoms with Crippen molar-refractivity contribution in [3.63, 3.8) is 0 Å². The third-order valence-electron chi connectivity index (χ3n) is 3.07. The van der Waals surface area contributed by atoms with Crippen molar-refractivity contribution in [2.75, 3.05) is 26.7 Å². The fraction of sp³-hybridized carbons (Fsp3) is 0.857. The summed E-state index contributed by atoms with van der Waals surface area (Å²) >= 11 is 0. The molecule has 0 aliphatic carbocycles. The fourth-order valence-electron chi connectivity index (χ4n) is 2.17. The lowest BCUT2D eigenvalue weighted by atomic mass is 10.1. The van der Waals surface area contributed by atoms with Gasteiger partial charge in [-0.3, -0.25) is 0 Å². The monoisotopic (exact) mass is 286 g/mol. The third-order valence-corrected chi connectivity index (χ3v) is 3.07. The van der Waals surface area contributed by atoms with Crippen molar-refractivity contribution in [1.29, 1.82) is 0 Å². The molecule has 0 unspecified atom stereocenters. The number of carbonyl (C=O) groups excluding carboxylic acids is 2. The van der Waals surface area contributed by atoms with Gasteiger partial charge >= 0.3 is 12.1 Å². The topological polar surface area (TPSA) is 67.9 Å². The van der Waals surface area contributed by atoms with Gasteiger partial charge in [-0.1, -0.05) is 6.42 Å². The van der Waals surface area contributed by atoms with E-state index in [-0.39, 0.29) is 0 Å². The zero-order valence-electron chi connectivity index (χ0n) is 12.9. The molecule has 1 aliphatic heterocycles. The van der Waals surface area contributed by atoms with Crippen molar-refractivity contribution < 1.29 is 19.1 Å². The molecule has 20 heavy (non-hydrogen) atoms. The Morgan fingerprint density at radius 2 is 1.80 bits per heavy atom. The number of methoxy groups -OCH3 is 1. The SMILES string of the molecule is COC(=O)[C@@H](CN1CCCCC1)NC(=O)OC(C)(C)C. The van der Waals surface area contributed by atoms with E-state index in [0.29, 0.717) is 6.54 Å². The van der Waals surface area contributed by atoms with Crippen LogP contribution in [-0.2, 0) is 14.3 Å². The summed E-state index contributed by atoms with van der Waals surface area (Å²) in [6.07, 6.45) is 2.88. The molecule has 1 heterocycles. The van der Waals surface area contributed by atoms with Gasteiger partial charge in [-0.25, -0.2) is 9.59 Å². The van der Waals surface area contributed by atoms with E-state index >= 15 is 0 Å². The molecule has 0 aromatic rings. The number of esters is 1.